The summed E-state index contributed by atoms with van der Waals surface area (Å²) in [6.07, 6.45) is 10.7. The van der Waals surface area contributed by atoms with Crippen LogP contribution in [-0.2, 0) is 0 Å². The maximum Gasteiger partial charge on any atom is 0.0542 e. The van der Waals surface area contributed by atoms with Crippen LogP contribution in [-0.4, -0.2) is 4.57 Å². The molecular formula is C55H36N2. The van der Waals surface area contributed by atoms with Crippen LogP contribution in [0.15, 0.2) is 194 Å². The van der Waals surface area contributed by atoms with E-state index in [1.54, 1.807) is 0 Å². The zero-order valence-corrected chi connectivity index (χ0v) is 31.4. The summed E-state index contributed by atoms with van der Waals surface area (Å²) in [4.78, 5) is 2.41. The lowest BCUT2D eigenvalue weighted by Gasteiger charge is -2.28. The smallest absolute Gasteiger partial charge is 0.0542 e. The fourth-order valence-electron chi connectivity index (χ4n) is 9.27. The molecule has 8 aromatic carbocycles. The zero-order chi connectivity index (χ0) is 38.0. The molecule has 0 saturated carbocycles. The molecule has 9 aromatic rings. The minimum atomic E-state index is 0.943. The van der Waals surface area contributed by atoms with Gasteiger partial charge in [-0.3, -0.25) is 0 Å². The molecule has 57 heavy (non-hydrogen) atoms. The fraction of sp³-hybridized carbons (Fsp3) is 0.0182. The SMILES string of the molecule is C#CC1=C(/C=C\C)c2cccc3c2-c2cc(N(c4ccc(-c5ccccc5)cc4)c4ccc5c(c4)c4ccccc4n5-c4ccccc4)ccc2-c2cccc-3c21. The summed E-state index contributed by atoms with van der Waals surface area (Å²) in [5.41, 5.74) is 20.6. The van der Waals surface area contributed by atoms with Gasteiger partial charge in [-0.25, -0.2) is 0 Å². The lowest BCUT2D eigenvalue weighted by Crippen LogP contribution is -2.10. The number of fused-ring (bicyclic) bond motifs is 5. The molecule has 1 aromatic heterocycles. The maximum absolute atomic E-state index is 6.38. The Labute approximate surface area is 332 Å². The van der Waals surface area contributed by atoms with Crippen LogP contribution in [0, 0.1) is 12.3 Å². The predicted octanol–water partition coefficient (Wildman–Crippen LogP) is 14.7. The fourth-order valence-corrected chi connectivity index (χ4v) is 9.27. The van der Waals surface area contributed by atoms with Gasteiger partial charge in [0.05, 0.1) is 11.0 Å². The number of para-hydroxylation sites is 2. The second-order valence-electron chi connectivity index (χ2n) is 14.8. The Morgan fingerprint density at radius 1 is 0.474 bits per heavy atom. The van der Waals surface area contributed by atoms with E-state index in [4.69, 9.17) is 6.42 Å². The van der Waals surface area contributed by atoms with Gasteiger partial charge in [0.2, 0.25) is 0 Å². The highest BCUT2D eigenvalue weighted by atomic mass is 15.1. The monoisotopic (exact) mass is 724 g/mol. The summed E-state index contributed by atoms with van der Waals surface area (Å²) in [5, 5.41) is 2.43. The van der Waals surface area contributed by atoms with Gasteiger partial charge in [-0.1, -0.05) is 139 Å². The quantitative estimate of drug-likeness (QED) is 0.155. The minimum absolute atomic E-state index is 0.943. The van der Waals surface area contributed by atoms with Gasteiger partial charge in [-0.2, -0.15) is 0 Å². The third kappa shape index (κ3) is 5.00. The molecule has 2 aliphatic rings. The Bertz CT molecular complexity index is 3170. The van der Waals surface area contributed by atoms with Gasteiger partial charge in [-0.15, -0.1) is 6.42 Å². The van der Waals surface area contributed by atoms with Crippen LogP contribution in [0.1, 0.15) is 18.1 Å². The zero-order valence-electron chi connectivity index (χ0n) is 31.4. The number of hydrogen-bond acceptors (Lipinski definition) is 1. The number of allylic oxidation sites excluding steroid dienone is 4. The van der Waals surface area contributed by atoms with Gasteiger partial charge in [0, 0.05) is 44.7 Å². The van der Waals surface area contributed by atoms with Crippen LogP contribution in [0.3, 0.4) is 0 Å². The van der Waals surface area contributed by atoms with E-state index in [0.29, 0.717) is 0 Å². The van der Waals surface area contributed by atoms with Crippen LogP contribution in [0.2, 0.25) is 0 Å². The van der Waals surface area contributed by atoms with E-state index in [1.807, 2.05) is 0 Å². The number of anilines is 3. The molecule has 0 radical (unpaired) electrons. The van der Waals surface area contributed by atoms with Crippen LogP contribution < -0.4 is 4.90 Å². The number of terminal acetylenes is 1. The Kier molecular flexibility index (Phi) is 7.49. The highest BCUT2D eigenvalue weighted by Gasteiger charge is 2.32. The number of nitrogens with zero attached hydrogens (tertiary/aromatic N) is 2. The van der Waals surface area contributed by atoms with Crippen LogP contribution in [0.5, 0.6) is 0 Å². The largest absolute Gasteiger partial charge is 0.310 e. The topological polar surface area (TPSA) is 8.17 Å². The lowest BCUT2D eigenvalue weighted by atomic mass is 9.83. The van der Waals surface area contributed by atoms with Crippen molar-refractivity contribution < 1.29 is 0 Å². The van der Waals surface area contributed by atoms with Gasteiger partial charge in [0.25, 0.3) is 0 Å². The van der Waals surface area contributed by atoms with Crippen molar-refractivity contribution in [3.8, 4) is 62.5 Å². The molecule has 6 bridgehead atoms. The van der Waals surface area contributed by atoms with Crippen LogP contribution in [0.4, 0.5) is 17.1 Å². The van der Waals surface area contributed by atoms with Crippen molar-refractivity contribution in [2.24, 2.45) is 0 Å². The third-order valence-electron chi connectivity index (χ3n) is 11.7. The number of rotatable bonds is 6. The van der Waals surface area contributed by atoms with Crippen molar-refractivity contribution in [2.45, 2.75) is 6.92 Å². The molecular weight excluding hydrogens is 689 g/mol. The van der Waals surface area contributed by atoms with E-state index < -0.39 is 0 Å². The first-order valence-corrected chi connectivity index (χ1v) is 19.5. The standard InChI is InChI=1S/C55H36N2/c1-3-15-43-42(4-2)54-47-22-14-23-48(54)49-24-13-21-46(43)55(49)51-35-40(30-32-44(47)51)56(39-28-26-37(27-29-39)36-16-7-5-8-17-36)41-31-33-53-50(34-41)45-20-11-12-25-52(45)57(53)38-18-9-6-10-19-38/h2-3,5-35H,1H3/b15-3-. The molecule has 0 aliphatic heterocycles. The summed E-state index contributed by atoms with van der Waals surface area (Å²) in [6.45, 7) is 2.06. The number of hydrogen-bond donors (Lipinski definition) is 0. The van der Waals surface area contributed by atoms with Gasteiger partial charge in [0.15, 0.2) is 0 Å². The van der Waals surface area contributed by atoms with Gasteiger partial charge in [0.1, 0.15) is 0 Å². The molecule has 0 unspecified atom stereocenters. The highest BCUT2D eigenvalue weighted by molar-refractivity contribution is 6.18. The van der Waals surface area contributed by atoms with E-state index >= 15 is 0 Å². The first kappa shape index (κ1) is 32.8. The van der Waals surface area contributed by atoms with Crippen molar-refractivity contribution in [1.82, 2.24) is 4.57 Å². The Balaban J connectivity index is 1.16. The van der Waals surface area contributed by atoms with E-state index in [0.717, 1.165) is 45.0 Å². The van der Waals surface area contributed by atoms with Crippen molar-refractivity contribution in [3.63, 3.8) is 0 Å². The highest BCUT2D eigenvalue weighted by Crippen LogP contribution is 2.55. The average molecular weight is 725 g/mol. The van der Waals surface area contributed by atoms with Gasteiger partial charge >= 0.3 is 0 Å². The predicted molar refractivity (Wildman–Crippen MR) is 241 cm³/mol. The molecule has 0 fully saturated rings. The van der Waals surface area contributed by atoms with Crippen molar-refractivity contribution >= 4 is 50.0 Å². The third-order valence-corrected chi connectivity index (χ3v) is 11.7. The second-order valence-corrected chi connectivity index (χ2v) is 14.8. The summed E-state index contributed by atoms with van der Waals surface area (Å²) in [5.74, 6) is 3.13. The molecule has 0 atom stereocenters. The van der Waals surface area contributed by atoms with Crippen molar-refractivity contribution in [1.29, 1.82) is 0 Å². The average Bonchev–Trinajstić information content (AvgIpc) is 3.55. The molecule has 11 rings (SSSR count). The van der Waals surface area contributed by atoms with Gasteiger partial charge < -0.3 is 9.47 Å². The normalized spacial score (nSPS) is 12.5. The number of benzene rings is 8. The Morgan fingerprint density at radius 2 is 1.07 bits per heavy atom. The van der Waals surface area contributed by atoms with E-state index in [-0.39, 0.29) is 0 Å². The molecule has 2 heteroatoms. The van der Waals surface area contributed by atoms with Crippen LogP contribution >= 0.6 is 0 Å². The van der Waals surface area contributed by atoms with E-state index in [2.05, 4.69) is 216 Å². The second kappa shape index (κ2) is 13.0. The van der Waals surface area contributed by atoms with Crippen LogP contribution in [0.25, 0.3) is 83.1 Å². The van der Waals surface area contributed by atoms with Gasteiger partial charge in [-0.05, 0) is 123 Å². The first-order valence-electron chi connectivity index (χ1n) is 19.5. The number of aromatic nitrogens is 1. The van der Waals surface area contributed by atoms with Crippen molar-refractivity contribution in [2.75, 3.05) is 4.90 Å². The molecule has 0 N–H and O–H groups in total. The maximum atomic E-state index is 6.38. The Hall–Kier alpha value is -7.60. The Morgan fingerprint density at radius 3 is 1.82 bits per heavy atom. The molecule has 0 spiro atoms. The summed E-state index contributed by atoms with van der Waals surface area (Å²) in [7, 11) is 0. The molecule has 1 heterocycles. The molecule has 266 valence electrons. The minimum Gasteiger partial charge on any atom is -0.310 e. The molecule has 0 amide bonds. The molecule has 0 saturated heterocycles. The summed E-state index contributed by atoms with van der Waals surface area (Å²) >= 11 is 0. The van der Waals surface area contributed by atoms with E-state index in [1.165, 1.54) is 66.3 Å². The summed E-state index contributed by atoms with van der Waals surface area (Å²) < 4.78 is 2.37. The molecule has 2 aliphatic carbocycles. The summed E-state index contributed by atoms with van der Waals surface area (Å²) in [6, 6.07) is 66.1. The first-order chi connectivity index (χ1) is 28.2. The van der Waals surface area contributed by atoms with Crippen molar-refractivity contribution in [3.05, 3.63) is 205 Å². The van der Waals surface area contributed by atoms with E-state index in [9.17, 15) is 0 Å². The molecule has 2 nitrogen and oxygen atoms in total. The lowest BCUT2D eigenvalue weighted by molar-refractivity contribution is 1.18.